The maximum atomic E-state index is 12.9. The number of hydrogen-bond acceptors (Lipinski definition) is 5. The number of anilines is 1. The van der Waals surface area contributed by atoms with Gasteiger partial charge < -0.3 is 15.5 Å². The fourth-order valence-corrected chi connectivity index (χ4v) is 1.54. The first-order valence-corrected chi connectivity index (χ1v) is 5.50. The molecule has 0 spiro atoms. The molecule has 8 nitrogen and oxygen atoms in total. The summed E-state index contributed by atoms with van der Waals surface area (Å²) in [5.41, 5.74) is -1.73. The standard InChI is InChI=1S/C11H10F2N2O6/c12-10(13)6-3-5(15(20)21)1-2-7(6)14-8(11(18)19)4-9(16)17/h1-3,8,10,14H,4H2,(H,16,17)(H,18,19). The molecule has 10 heteroatoms. The Bertz CT molecular complexity index is 578. The Balaban J connectivity index is 3.13. The lowest BCUT2D eigenvalue weighted by Crippen LogP contribution is -2.32. The molecule has 0 aliphatic carbocycles. The number of nitrogens with one attached hydrogen (secondary N) is 1. The number of nitro groups is 1. The van der Waals surface area contributed by atoms with Gasteiger partial charge in [-0.25, -0.2) is 13.6 Å². The summed E-state index contributed by atoms with van der Waals surface area (Å²) >= 11 is 0. The predicted octanol–water partition coefficient (Wildman–Crippen LogP) is 1.87. The van der Waals surface area contributed by atoms with E-state index in [1.54, 1.807) is 0 Å². The Hall–Kier alpha value is -2.78. The molecule has 0 fully saturated rings. The topological polar surface area (TPSA) is 130 Å². The number of carboxylic acids is 2. The molecule has 1 aromatic carbocycles. The van der Waals surface area contributed by atoms with Crippen molar-refractivity contribution in [3.63, 3.8) is 0 Å². The Kier molecular flexibility index (Phi) is 5.11. The van der Waals surface area contributed by atoms with Crippen molar-refractivity contribution in [1.82, 2.24) is 0 Å². The van der Waals surface area contributed by atoms with Crippen LogP contribution in [0.3, 0.4) is 0 Å². The monoisotopic (exact) mass is 304 g/mol. The van der Waals surface area contributed by atoms with Crippen LogP contribution in [0.4, 0.5) is 20.2 Å². The van der Waals surface area contributed by atoms with E-state index in [4.69, 9.17) is 10.2 Å². The molecule has 0 heterocycles. The summed E-state index contributed by atoms with van der Waals surface area (Å²) in [7, 11) is 0. The normalized spacial score (nSPS) is 12.0. The van der Waals surface area contributed by atoms with Gasteiger partial charge in [0.2, 0.25) is 0 Å². The number of benzene rings is 1. The van der Waals surface area contributed by atoms with Gasteiger partial charge in [-0.15, -0.1) is 0 Å². The Morgan fingerprint density at radius 3 is 2.38 bits per heavy atom. The SMILES string of the molecule is O=C(O)CC(Nc1ccc([N+](=O)[O-])cc1C(F)F)C(=O)O. The number of non-ortho nitro benzene ring substituents is 1. The summed E-state index contributed by atoms with van der Waals surface area (Å²) in [5.74, 6) is -2.98. The van der Waals surface area contributed by atoms with E-state index in [-0.39, 0.29) is 5.69 Å². The lowest BCUT2D eigenvalue weighted by atomic mass is 10.1. The molecular weight excluding hydrogens is 294 g/mol. The number of carboxylic acid groups (broad SMARTS) is 2. The van der Waals surface area contributed by atoms with Gasteiger partial charge in [0, 0.05) is 23.4 Å². The van der Waals surface area contributed by atoms with E-state index >= 15 is 0 Å². The average molecular weight is 304 g/mol. The van der Waals surface area contributed by atoms with Crippen molar-refractivity contribution in [3.8, 4) is 0 Å². The number of hydrogen-bond donors (Lipinski definition) is 3. The number of nitro benzene ring substituents is 1. The second-order valence-corrected chi connectivity index (χ2v) is 3.96. The number of carbonyl (C=O) groups is 2. The molecule has 1 atom stereocenters. The summed E-state index contributed by atoms with van der Waals surface area (Å²) in [5, 5.41) is 30.1. The number of aliphatic carboxylic acids is 2. The van der Waals surface area contributed by atoms with Crippen LogP contribution in [0.15, 0.2) is 18.2 Å². The molecule has 3 N–H and O–H groups in total. The van der Waals surface area contributed by atoms with Gasteiger partial charge in [0.05, 0.1) is 11.3 Å². The first kappa shape index (κ1) is 16.3. The van der Waals surface area contributed by atoms with Gasteiger partial charge in [-0.05, 0) is 6.07 Å². The predicted molar refractivity (Wildman–Crippen MR) is 65.4 cm³/mol. The quantitative estimate of drug-likeness (QED) is 0.517. The fraction of sp³-hybridized carbons (Fsp3) is 0.273. The van der Waals surface area contributed by atoms with Crippen LogP contribution in [0.25, 0.3) is 0 Å². The smallest absolute Gasteiger partial charge is 0.326 e. The average Bonchev–Trinajstić information content (AvgIpc) is 2.37. The van der Waals surface area contributed by atoms with E-state index in [0.29, 0.717) is 6.07 Å². The van der Waals surface area contributed by atoms with Crippen molar-refractivity contribution in [2.45, 2.75) is 18.9 Å². The van der Waals surface area contributed by atoms with E-state index in [1.807, 2.05) is 0 Å². The van der Waals surface area contributed by atoms with Crippen LogP contribution in [0, 0.1) is 10.1 Å². The van der Waals surface area contributed by atoms with Crippen molar-refractivity contribution < 1.29 is 33.5 Å². The lowest BCUT2D eigenvalue weighted by Gasteiger charge is -2.16. The summed E-state index contributed by atoms with van der Waals surface area (Å²) in [6.45, 7) is 0. The van der Waals surface area contributed by atoms with Crippen molar-refractivity contribution in [2.24, 2.45) is 0 Å². The van der Waals surface area contributed by atoms with Crippen LogP contribution in [-0.2, 0) is 9.59 Å². The van der Waals surface area contributed by atoms with Gasteiger partial charge in [0.15, 0.2) is 0 Å². The number of alkyl halides is 2. The largest absolute Gasteiger partial charge is 0.481 e. The van der Waals surface area contributed by atoms with Crippen LogP contribution in [0.1, 0.15) is 18.4 Å². The summed E-state index contributed by atoms with van der Waals surface area (Å²) in [6.07, 6.45) is -3.93. The highest BCUT2D eigenvalue weighted by atomic mass is 19.3. The van der Waals surface area contributed by atoms with Crippen molar-refractivity contribution in [2.75, 3.05) is 5.32 Å². The molecule has 0 bridgehead atoms. The maximum absolute atomic E-state index is 12.9. The molecule has 0 aliphatic heterocycles. The van der Waals surface area contributed by atoms with E-state index in [0.717, 1.165) is 12.1 Å². The minimum Gasteiger partial charge on any atom is -0.481 e. The zero-order chi connectivity index (χ0) is 16.2. The zero-order valence-corrected chi connectivity index (χ0v) is 10.3. The van der Waals surface area contributed by atoms with Gasteiger partial charge in [0.25, 0.3) is 12.1 Å². The van der Waals surface area contributed by atoms with Gasteiger partial charge in [0.1, 0.15) is 6.04 Å². The molecule has 1 aromatic rings. The number of nitrogens with zero attached hydrogens (tertiary/aromatic N) is 1. The van der Waals surface area contributed by atoms with E-state index in [9.17, 15) is 28.5 Å². The molecule has 21 heavy (non-hydrogen) atoms. The Labute approximate surface area is 116 Å². The van der Waals surface area contributed by atoms with Crippen molar-refractivity contribution in [3.05, 3.63) is 33.9 Å². The Morgan fingerprint density at radius 1 is 1.33 bits per heavy atom. The molecule has 0 aliphatic rings. The third kappa shape index (κ3) is 4.37. The highest BCUT2D eigenvalue weighted by molar-refractivity contribution is 5.83. The van der Waals surface area contributed by atoms with E-state index in [2.05, 4.69) is 5.32 Å². The highest BCUT2D eigenvalue weighted by Gasteiger charge is 2.24. The van der Waals surface area contributed by atoms with Crippen LogP contribution in [0.5, 0.6) is 0 Å². The van der Waals surface area contributed by atoms with Crippen LogP contribution in [0.2, 0.25) is 0 Å². The highest BCUT2D eigenvalue weighted by Crippen LogP contribution is 2.31. The number of halogens is 2. The zero-order valence-electron chi connectivity index (χ0n) is 10.3. The first-order valence-electron chi connectivity index (χ1n) is 5.50. The molecule has 1 unspecified atom stereocenters. The molecule has 0 amide bonds. The maximum Gasteiger partial charge on any atom is 0.326 e. The van der Waals surface area contributed by atoms with Crippen LogP contribution >= 0.6 is 0 Å². The van der Waals surface area contributed by atoms with E-state index in [1.165, 1.54) is 0 Å². The van der Waals surface area contributed by atoms with Crippen LogP contribution in [-0.4, -0.2) is 33.1 Å². The summed E-state index contributed by atoms with van der Waals surface area (Å²) in [6, 6.07) is 0.791. The Morgan fingerprint density at radius 2 is 1.95 bits per heavy atom. The van der Waals surface area contributed by atoms with E-state index < -0.39 is 47.0 Å². The van der Waals surface area contributed by atoms with Gasteiger partial charge in [-0.1, -0.05) is 0 Å². The van der Waals surface area contributed by atoms with Gasteiger partial charge in [-0.3, -0.25) is 14.9 Å². The summed E-state index contributed by atoms with van der Waals surface area (Å²) in [4.78, 5) is 31.1. The first-order chi connectivity index (χ1) is 9.72. The number of rotatable bonds is 7. The fourth-order valence-electron chi connectivity index (χ4n) is 1.54. The second-order valence-electron chi connectivity index (χ2n) is 3.96. The third-order valence-electron chi connectivity index (χ3n) is 2.49. The minimum absolute atomic E-state index is 0.371. The summed E-state index contributed by atoms with van der Waals surface area (Å²) < 4.78 is 25.7. The molecule has 114 valence electrons. The van der Waals surface area contributed by atoms with Gasteiger partial charge >= 0.3 is 11.9 Å². The molecule has 0 saturated heterocycles. The molecule has 0 radical (unpaired) electrons. The molecule has 0 aromatic heterocycles. The second kappa shape index (κ2) is 6.59. The van der Waals surface area contributed by atoms with Crippen LogP contribution < -0.4 is 5.32 Å². The molecular formula is C11H10F2N2O6. The molecule has 1 rings (SSSR count). The van der Waals surface area contributed by atoms with Crippen molar-refractivity contribution in [1.29, 1.82) is 0 Å². The minimum atomic E-state index is -3.09. The van der Waals surface area contributed by atoms with Gasteiger partial charge in [-0.2, -0.15) is 0 Å². The third-order valence-corrected chi connectivity index (χ3v) is 2.49. The van der Waals surface area contributed by atoms with Crippen molar-refractivity contribution >= 4 is 23.3 Å². The molecule has 0 saturated carbocycles. The lowest BCUT2D eigenvalue weighted by molar-refractivity contribution is -0.385.